The van der Waals surface area contributed by atoms with Crippen molar-refractivity contribution in [2.24, 2.45) is 0 Å². The first-order valence-corrected chi connectivity index (χ1v) is 8.98. The Hall–Kier alpha value is -3.06. The fourth-order valence-electron chi connectivity index (χ4n) is 2.74. The highest BCUT2D eigenvalue weighted by Crippen LogP contribution is 2.24. The molecular formula is C19H15FN4OS. The zero-order valence-corrected chi connectivity index (χ0v) is 14.5. The van der Waals surface area contributed by atoms with Crippen LogP contribution in [0.1, 0.15) is 21.6 Å². The summed E-state index contributed by atoms with van der Waals surface area (Å²) in [5, 5.41) is 9.95. The third kappa shape index (κ3) is 3.21. The molecule has 26 heavy (non-hydrogen) atoms. The first-order chi connectivity index (χ1) is 12.7. The van der Waals surface area contributed by atoms with E-state index in [-0.39, 0.29) is 5.91 Å². The first-order valence-electron chi connectivity index (χ1n) is 8.03. The number of nitrogens with one attached hydrogen (secondary N) is 1. The number of para-hydroxylation sites is 1. The number of nitrogens with zero attached hydrogens (tertiary/aromatic N) is 3. The number of fused-ring (bicyclic) bond motifs is 1. The Labute approximate surface area is 153 Å². The van der Waals surface area contributed by atoms with Crippen molar-refractivity contribution in [3.63, 3.8) is 0 Å². The van der Waals surface area contributed by atoms with E-state index in [9.17, 15) is 9.18 Å². The van der Waals surface area contributed by atoms with Crippen LogP contribution in [-0.2, 0) is 13.2 Å². The van der Waals surface area contributed by atoms with E-state index >= 15 is 0 Å². The van der Waals surface area contributed by atoms with Gasteiger partial charge in [0.2, 0.25) is 0 Å². The fourth-order valence-corrected chi connectivity index (χ4v) is 3.28. The standard InChI is InChI=1S/C19H15FN4OS/c20-9-13-5-7-14(8-6-13)10-24-17-4-2-1-3-15(17)18(23-24)22-19(25)16-11-26-12-21-16/h1-8,11-12H,9-10H2,(H,22,23,25). The van der Waals surface area contributed by atoms with E-state index in [1.54, 1.807) is 23.0 Å². The quantitative estimate of drug-likeness (QED) is 0.574. The number of benzene rings is 2. The first kappa shape index (κ1) is 16.4. The van der Waals surface area contributed by atoms with Gasteiger partial charge in [0, 0.05) is 10.8 Å². The molecule has 0 aliphatic rings. The maximum absolute atomic E-state index is 12.7. The third-order valence-corrected chi connectivity index (χ3v) is 4.65. The minimum Gasteiger partial charge on any atom is -0.303 e. The van der Waals surface area contributed by atoms with Gasteiger partial charge in [-0.1, -0.05) is 36.4 Å². The van der Waals surface area contributed by atoms with Crippen LogP contribution in [0.4, 0.5) is 10.2 Å². The maximum Gasteiger partial charge on any atom is 0.276 e. The van der Waals surface area contributed by atoms with Gasteiger partial charge in [-0.2, -0.15) is 5.10 Å². The highest BCUT2D eigenvalue weighted by atomic mass is 32.1. The molecular weight excluding hydrogens is 351 g/mol. The number of amides is 1. The molecule has 2 aromatic heterocycles. The van der Waals surface area contributed by atoms with Crippen molar-refractivity contribution in [1.29, 1.82) is 0 Å². The lowest BCUT2D eigenvalue weighted by molar-refractivity contribution is 0.102. The van der Waals surface area contributed by atoms with Gasteiger partial charge in [-0.05, 0) is 23.3 Å². The van der Waals surface area contributed by atoms with Crippen molar-refractivity contribution in [2.45, 2.75) is 13.2 Å². The van der Waals surface area contributed by atoms with Gasteiger partial charge in [0.05, 0.1) is 17.6 Å². The molecule has 0 radical (unpaired) electrons. The van der Waals surface area contributed by atoms with E-state index in [4.69, 9.17) is 0 Å². The van der Waals surface area contributed by atoms with E-state index in [1.807, 2.05) is 41.1 Å². The lowest BCUT2D eigenvalue weighted by Gasteiger charge is -2.04. The molecule has 0 saturated carbocycles. The molecule has 4 aromatic rings. The largest absolute Gasteiger partial charge is 0.303 e. The number of aromatic nitrogens is 3. The number of alkyl halides is 1. The van der Waals surface area contributed by atoms with Gasteiger partial charge < -0.3 is 5.32 Å². The van der Waals surface area contributed by atoms with E-state index in [0.717, 1.165) is 16.5 Å². The predicted octanol–water partition coefficient (Wildman–Crippen LogP) is 4.26. The molecule has 5 nitrogen and oxygen atoms in total. The summed E-state index contributed by atoms with van der Waals surface area (Å²) in [6.45, 7) is 0.0530. The molecule has 0 fully saturated rings. The molecule has 1 amide bonds. The van der Waals surface area contributed by atoms with Gasteiger partial charge in [0.25, 0.3) is 5.91 Å². The van der Waals surface area contributed by atoms with Crippen LogP contribution in [0, 0.1) is 0 Å². The van der Waals surface area contributed by atoms with Gasteiger partial charge in [-0.3, -0.25) is 9.48 Å². The summed E-state index contributed by atoms with van der Waals surface area (Å²) in [6, 6.07) is 15.0. The topological polar surface area (TPSA) is 59.8 Å². The summed E-state index contributed by atoms with van der Waals surface area (Å²) in [5.74, 6) is 0.216. The number of hydrogen-bond donors (Lipinski definition) is 1. The lowest BCUT2D eigenvalue weighted by Crippen LogP contribution is -2.13. The van der Waals surface area contributed by atoms with Gasteiger partial charge in [-0.15, -0.1) is 11.3 Å². The summed E-state index contributed by atoms with van der Waals surface area (Å²) in [6.07, 6.45) is 0. The summed E-state index contributed by atoms with van der Waals surface area (Å²) >= 11 is 1.37. The average Bonchev–Trinajstić information content (AvgIpc) is 3.32. The van der Waals surface area contributed by atoms with Crippen LogP contribution in [-0.4, -0.2) is 20.7 Å². The second-order valence-corrected chi connectivity index (χ2v) is 6.52. The highest BCUT2D eigenvalue weighted by Gasteiger charge is 2.15. The molecule has 0 aliphatic carbocycles. The molecule has 0 bridgehead atoms. The fraction of sp³-hybridized carbons (Fsp3) is 0.105. The van der Waals surface area contributed by atoms with Crippen LogP contribution in [0.25, 0.3) is 10.9 Å². The molecule has 0 spiro atoms. The summed E-state index contributed by atoms with van der Waals surface area (Å²) in [4.78, 5) is 16.3. The Bertz CT molecular complexity index is 1040. The third-order valence-electron chi connectivity index (χ3n) is 4.06. The number of carbonyl (C=O) groups is 1. The molecule has 0 saturated heterocycles. The number of anilines is 1. The van der Waals surface area contributed by atoms with Crippen LogP contribution < -0.4 is 5.32 Å². The number of carbonyl (C=O) groups excluding carboxylic acids is 1. The van der Waals surface area contributed by atoms with E-state index in [2.05, 4.69) is 15.4 Å². The van der Waals surface area contributed by atoms with Crippen molar-refractivity contribution in [3.8, 4) is 0 Å². The minimum absolute atomic E-state index is 0.283. The van der Waals surface area contributed by atoms with Crippen molar-refractivity contribution in [1.82, 2.24) is 14.8 Å². The number of hydrogen-bond acceptors (Lipinski definition) is 4. The summed E-state index contributed by atoms with van der Waals surface area (Å²) in [5.41, 5.74) is 4.56. The number of thiazole rings is 1. The van der Waals surface area contributed by atoms with Crippen LogP contribution in [0.2, 0.25) is 0 Å². The van der Waals surface area contributed by atoms with Gasteiger partial charge in [0.1, 0.15) is 12.4 Å². The molecule has 130 valence electrons. The molecule has 0 atom stereocenters. The van der Waals surface area contributed by atoms with Crippen molar-refractivity contribution in [3.05, 3.63) is 76.2 Å². The van der Waals surface area contributed by atoms with Crippen LogP contribution in [0.3, 0.4) is 0 Å². The van der Waals surface area contributed by atoms with Crippen LogP contribution in [0.15, 0.2) is 59.4 Å². The second-order valence-electron chi connectivity index (χ2n) is 5.80. The number of rotatable bonds is 5. The van der Waals surface area contributed by atoms with Gasteiger partial charge in [0.15, 0.2) is 5.82 Å². The predicted molar refractivity (Wildman–Crippen MR) is 100 cm³/mol. The van der Waals surface area contributed by atoms with Gasteiger partial charge >= 0.3 is 0 Å². The summed E-state index contributed by atoms with van der Waals surface area (Å²) in [7, 11) is 0. The SMILES string of the molecule is O=C(Nc1nn(Cc2ccc(CF)cc2)c2ccccc12)c1cscn1. The minimum atomic E-state index is -0.474. The van der Waals surface area contributed by atoms with Crippen molar-refractivity contribution >= 4 is 34.0 Å². The Morgan fingerprint density at radius 3 is 2.62 bits per heavy atom. The average molecular weight is 366 g/mol. The maximum atomic E-state index is 12.7. The second kappa shape index (κ2) is 7.05. The van der Waals surface area contributed by atoms with Crippen molar-refractivity contribution in [2.75, 3.05) is 5.32 Å². The molecule has 4 rings (SSSR count). The van der Waals surface area contributed by atoms with E-state index in [0.29, 0.717) is 23.6 Å². The smallest absolute Gasteiger partial charge is 0.276 e. The van der Waals surface area contributed by atoms with E-state index in [1.165, 1.54) is 11.3 Å². The van der Waals surface area contributed by atoms with Crippen LogP contribution in [0.5, 0.6) is 0 Å². The normalized spacial score (nSPS) is 11.0. The Morgan fingerprint density at radius 2 is 1.88 bits per heavy atom. The molecule has 0 aliphatic heterocycles. The van der Waals surface area contributed by atoms with Crippen molar-refractivity contribution < 1.29 is 9.18 Å². The molecule has 1 N–H and O–H groups in total. The van der Waals surface area contributed by atoms with E-state index < -0.39 is 6.67 Å². The number of halogens is 1. The molecule has 2 aromatic carbocycles. The zero-order valence-electron chi connectivity index (χ0n) is 13.7. The Morgan fingerprint density at radius 1 is 1.12 bits per heavy atom. The van der Waals surface area contributed by atoms with Gasteiger partial charge in [-0.25, -0.2) is 9.37 Å². The monoisotopic (exact) mass is 366 g/mol. The lowest BCUT2D eigenvalue weighted by atomic mass is 10.1. The molecule has 7 heteroatoms. The Kier molecular flexibility index (Phi) is 4.45. The molecule has 2 heterocycles. The van der Waals surface area contributed by atoms with Crippen LogP contribution >= 0.6 is 11.3 Å². The highest BCUT2D eigenvalue weighted by molar-refractivity contribution is 7.07. The molecule has 0 unspecified atom stereocenters. The zero-order chi connectivity index (χ0) is 17.9. The summed E-state index contributed by atoms with van der Waals surface area (Å²) < 4.78 is 14.5. The Balaban J connectivity index is 1.66.